The molecule has 2 amide bonds. The highest BCUT2D eigenvalue weighted by Crippen LogP contribution is 2.42. The van der Waals surface area contributed by atoms with Crippen LogP contribution in [0, 0.1) is 0 Å². The lowest BCUT2D eigenvalue weighted by Gasteiger charge is -2.26. The van der Waals surface area contributed by atoms with Gasteiger partial charge in [0.2, 0.25) is 0 Å². The molecule has 0 spiro atoms. The summed E-state index contributed by atoms with van der Waals surface area (Å²) in [6, 6.07) is 17.6. The Balaban J connectivity index is 1.13. The molecular formula is C28H31N7O2. The molecule has 1 saturated carbocycles. The predicted molar refractivity (Wildman–Crippen MR) is 146 cm³/mol. The minimum atomic E-state index is -0.285. The first-order valence-electron chi connectivity index (χ1n) is 12.7. The van der Waals surface area contributed by atoms with Crippen LogP contribution >= 0.6 is 0 Å². The van der Waals surface area contributed by atoms with Gasteiger partial charge in [-0.2, -0.15) is 5.10 Å². The lowest BCUT2D eigenvalue weighted by Crippen LogP contribution is -2.35. The number of aryl methyl sites for hydroxylation is 1. The summed E-state index contributed by atoms with van der Waals surface area (Å²) in [6.07, 6.45) is 2.33. The number of nitrogens with one attached hydrogen (secondary N) is 2. The number of nitrogen functional groups attached to an aromatic ring is 1. The largest absolute Gasteiger partial charge is 0.382 e. The Morgan fingerprint density at radius 1 is 1.03 bits per heavy atom. The molecule has 4 aromatic rings. The molecule has 6 rings (SSSR count). The standard InChI is InChI=1S/C28H31N7O2/c1-34-27-25(26(29)33-34)23(16-24(32-27)20-4-5-20)19-6-10-22(11-7-19)31-28(36)30-21-8-2-18(3-9-21)17-35-12-14-37-15-13-35/h2-3,6-11,16,20H,4-5,12-15,17H2,1H3,(H2,29,33)(H2,30,31,36). The molecule has 4 N–H and O–H groups in total. The zero-order valence-corrected chi connectivity index (χ0v) is 20.9. The summed E-state index contributed by atoms with van der Waals surface area (Å²) < 4.78 is 7.15. The lowest BCUT2D eigenvalue weighted by molar-refractivity contribution is 0.0342. The maximum absolute atomic E-state index is 12.6. The maximum Gasteiger partial charge on any atom is 0.323 e. The number of ether oxygens (including phenoxy) is 1. The quantitative estimate of drug-likeness (QED) is 0.360. The number of benzene rings is 2. The molecule has 2 fully saturated rings. The number of rotatable bonds is 6. The summed E-state index contributed by atoms with van der Waals surface area (Å²) in [7, 11) is 1.87. The second-order valence-corrected chi connectivity index (χ2v) is 9.82. The van der Waals surface area contributed by atoms with Crippen molar-refractivity contribution >= 4 is 34.3 Å². The van der Waals surface area contributed by atoms with E-state index in [1.807, 2.05) is 43.4 Å². The number of nitrogens with zero attached hydrogens (tertiary/aromatic N) is 4. The number of nitrogens with two attached hydrogens (primary N) is 1. The molecule has 1 aliphatic carbocycles. The Hall–Kier alpha value is -3.95. The van der Waals surface area contributed by atoms with Gasteiger partial charge >= 0.3 is 6.03 Å². The van der Waals surface area contributed by atoms with Crippen LogP contribution in [0.1, 0.15) is 30.0 Å². The second kappa shape index (κ2) is 9.84. The van der Waals surface area contributed by atoms with E-state index >= 15 is 0 Å². The van der Waals surface area contributed by atoms with Gasteiger partial charge in [-0.3, -0.25) is 4.90 Å². The average Bonchev–Trinajstić information content (AvgIpc) is 3.71. The van der Waals surface area contributed by atoms with E-state index in [4.69, 9.17) is 15.5 Å². The molecule has 190 valence electrons. The highest BCUT2D eigenvalue weighted by molar-refractivity contribution is 6.02. The van der Waals surface area contributed by atoms with E-state index in [9.17, 15) is 4.79 Å². The molecule has 0 unspecified atom stereocenters. The third kappa shape index (κ3) is 5.14. The molecule has 0 atom stereocenters. The monoisotopic (exact) mass is 497 g/mol. The molecular weight excluding hydrogens is 466 g/mol. The summed E-state index contributed by atoms with van der Waals surface area (Å²) in [6.45, 7) is 4.35. The molecule has 37 heavy (non-hydrogen) atoms. The van der Waals surface area contributed by atoms with Crippen LogP contribution < -0.4 is 16.4 Å². The van der Waals surface area contributed by atoms with Crippen LogP contribution in [0.15, 0.2) is 54.6 Å². The fourth-order valence-electron chi connectivity index (χ4n) is 4.85. The fourth-order valence-corrected chi connectivity index (χ4v) is 4.85. The smallest absolute Gasteiger partial charge is 0.323 e. The molecule has 0 radical (unpaired) electrons. The van der Waals surface area contributed by atoms with Gasteiger partial charge in [0.15, 0.2) is 11.5 Å². The number of carbonyl (C=O) groups excluding carboxylic acids is 1. The number of urea groups is 1. The van der Waals surface area contributed by atoms with E-state index < -0.39 is 0 Å². The van der Waals surface area contributed by atoms with E-state index in [0.717, 1.165) is 66.4 Å². The predicted octanol–water partition coefficient (Wildman–Crippen LogP) is 4.57. The van der Waals surface area contributed by atoms with Gasteiger partial charge in [-0.15, -0.1) is 0 Å². The van der Waals surface area contributed by atoms with E-state index in [1.165, 1.54) is 18.4 Å². The normalized spacial score (nSPS) is 16.1. The van der Waals surface area contributed by atoms with Crippen molar-refractivity contribution in [1.29, 1.82) is 0 Å². The number of hydrogen-bond donors (Lipinski definition) is 3. The Bertz CT molecular complexity index is 1420. The fraction of sp³-hybridized carbons (Fsp3) is 0.321. The highest BCUT2D eigenvalue weighted by atomic mass is 16.5. The SMILES string of the molecule is Cn1nc(N)c2c(-c3ccc(NC(=O)Nc4ccc(CN5CCOCC5)cc4)cc3)cc(C3CC3)nc21. The lowest BCUT2D eigenvalue weighted by atomic mass is 10.0. The van der Waals surface area contributed by atoms with Crippen molar-refractivity contribution in [2.24, 2.45) is 7.05 Å². The number of morpholine rings is 1. The Morgan fingerprint density at radius 2 is 1.68 bits per heavy atom. The molecule has 3 heterocycles. The summed E-state index contributed by atoms with van der Waals surface area (Å²) in [4.78, 5) is 19.8. The van der Waals surface area contributed by atoms with Gasteiger partial charge in [0.05, 0.1) is 18.6 Å². The number of aromatic nitrogens is 3. The van der Waals surface area contributed by atoms with E-state index in [-0.39, 0.29) is 6.03 Å². The van der Waals surface area contributed by atoms with Crippen molar-refractivity contribution in [2.45, 2.75) is 25.3 Å². The van der Waals surface area contributed by atoms with Gasteiger partial charge in [0, 0.05) is 49.7 Å². The van der Waals surface area contributed by atoms with Crippen LogP contribution in [0.5, 0.6) is 0 Å². The molecule has 0 bridgehead atoms. The van der Waals surface area contributed by atoms with Crippen LogP contribution in [-0.4, -0.2) is 52.0 Å². The van der Waals surface area contributed by atoms with Gasteiger partial charge in [-0.05, 0) is 59.9 Å². The van der Waals surface area contributed by atoms with Gasteiger partial charge < -0.3 is 21.1 Å². The zero-order valence-electron chi connectivity index (χ0n) is 20.9. The third-order valence-corrected chi connectivity index (χ3v) is 7.01. The van der Waals surface area contributed by atoms with Crippen LogP contribution in [0.3, 0.4) is 0 Å². The minimum absolute atomic E-state index is 0.285. The number of pyridine rings is 1. The van der Waals surface area contributed by atoms with Crippen molar-refractivity contribution in [2.75, 3.05) is 42.7 Å². The maximum atomic E-state index is 12.6. The molecule has 1 saturated heterocycles. The molecule has 9 heteroatoms. The molecule has 9 nitrogen and oxygen atoms in total. The molecule has 2 aliphatic rings. The van der Waals surface area contributed by atoms with Crippen LogP contribution in [0.25, 0.3) is 22.2 Å². The summed E-state index contributed by atoms with van der Waals surface area (Å²) in [5, 5.41) is 11.1. The van der Waals surface area contributed by atoms with Crippen molar-refractivity contribution in [1.82, 2.24) is 19.7 Å². The van der Waals surface area contributed by atoms with Crippen molar-refractivity contribution in [3.05, 3.63) is 65.9 Å². The van der Waals surface area contributed by atoms with E-state index in [1.54, 1.807) is 4.68 Å². The van der Waals surface area contributed by atoms with E-state index in [0.29, 0.717) is 17.4 Å². The molecule has 2 aromatic carbocycles. The first-order valence-corrected chi connectivity index (χ1v) is 12.7. The number of hydrogen-bond acceptors (Lipinski definition) is 6. The zero-order chi connectivity index (χ0) is 25.4. The van der Waals surface area contributed by atoms with Crippen molar-refractivity contribution < 1.29 is 9.53 Å². The molecule has 2 aromatic heterocycles. The average molecular weight is 498 g/mol. The second-order valence-electron chi connectivity index (χ2n) is 9.82. The highest BCUT2D eigenvalue weighted by Gasteiger charge is 2.27. The van der Waals surface area contributed by atoms with Gasteiger partial charge in [0.25, 0.3) is 0 Å². The number of amides is 2. The third-order valence-electron chi connectivity index (χ3n) is 7.01. The van der Waals surface area contributed by atoms with Gasteiger partial charge in [0.1, 0.15) is 0 Å². The topological polar surface area (TPSA) is 110 Å². The Morgan fingerprint density at radius 3 is 2.32 bits per heavy atom. The first kappa shape index (κ1) is 23.4. The van der Waals surface area contributed by atoms with Crippen LogP contribution in [0.2, 0.25) is 0 Å². The van der Waals surface area contributed by atoms with Gasteiger partial charge in [-0.25, -0.2) is 14.5 Å². The summed E-state index contributed by atoms with van der Waals surface area (Å²) >= 11 is 0. The minimum Gasteiger partial charge on any atom is -0.382 e. The van der Waals surface area contributed by atoms with Crippen molar-refractivity contribution in [3.63, 3.8) is 0 Å². The van der Waals surface area contributed by atoms with Crippen LogP contribution in [-0.2, 0) is 18.3 Å². The van der Waals surface area contributed by atoms with Gasteiger partial charge in [-0.1, -0.05) is 24.3 Å². The number of fused-ring (bicyclic) bond motifs is 1. The Kier molecular flexibility index (Phi) is 6.23. The van der Waals surface area contributed by atoms with Crippen molar-refractivity contribution in [3.8, 4) is 11.1 Å². The number of anilines is 3. The molecule has 1 aliphatic heterocycles. The summed E-state index contributed by atoms with van der Waals surface area (Å²) in [5.74, 6) is 0.984. The van der Waals surface area contributed by atoms with E-state index in [2.05, 4.69) is 38.8 Å². The Labute approximate surface area is 215 Å². The first-order chi connectivity index (χ1) is 18.0. The summed E-state index contributed by atoms with van der Waals surface area (Å²) in [5.41, 5.74) is 12.8. The number of carbonyl (C=O) groups is 1. The van der Waals surface area contributed by atoms with Crippen LogP contribution in [0.4, 0.5) is 22.0 Å².